The van der Waals surface area contributed by atoms with Crippen molar-refractivity contribution in [2.24, 2.45) is 0 Å². The van der Waals surface area contributed by atoms with Gasteiger partial charge in [-0.15, -0.1) is 0 Å². The van der Waals surface area contributed by atoms with Crippen molar-refractivity contribution in [3.8, 4) is 5.75 Å². The first-order valence-corrected chi connectivity index (χ1v) is 7.22. The van der Waals surface area contributed by atoms with Gasteiger partial charge in [0, 0.05) is 18.4 Å². The fourth-order valence-electron chi connectivity index (χ4n) is 2.09. The highest BCUT2D eigenvalue weighted by Gasteiger charge is 2.04. The quantitative estimate of drug-likeness (QED) is 0.769. The number of fused-ring (bicyclic) bond motifs is 1. The van der Waals surface area contributed by atoms with Crippen LogP contribution in [0.15, 0.2) is 42.5 Å². The molecule has 0 aromatic heterocycles. The van der Waals surface area contributed by atoms with Gasteiger partial charge < -0.3 is 15.2 Å². The Labute approximate surface area is 124 Å². The number of hydrogen-bond donors (Lipinski definition) is 2. The number of aliphatic hydroxyl groups excluding tert-OH is 1. The molecule has 0 radical (unpaired) electrons. The molecule has 0 saturated heterocycles. The summed E-state index contributed by atoms with van der Waals surface area (Å²) in [5.74, 6) is 0.787. The maximum atomic E-state index is 11.5. The Balaban J connectivity index is 1.79. The van der Waals surface area contributed by atoms with Crippen molar-refractivity contribution >= 4 is 16.7 Å². The second kappa shape index (κ2) is 7.64. The molecule has 112 valence electrons. The normalized spacial score (nSPS) is 12.1. The summed E-state index contributed by atoms with van der Waals surface area (Å²) in [5, 5.41) is 14.0. The number of carbonyl (C=O) groups is 1. The van der Waals surface area contributed by atoms with Gasteiger partial charge in [0.2, 0.25) is 5.91 Å². The molecule has 1 amide bonds. The van der Waals surface area contributed by atoms with Crippen molar-refractivity contribution in [1.29, 1.82) is 0 Å². The lowest BCUT2D eigenvalue weighted by atomic mass is 10.1. The molecular weight excluding hydrogens is 266 g/mol. The highest BCUT2D eigenvalue weighted by atomic mass is 16.5. The van der Waals surface area contributed by atoms with Crippen LogP contribution in [0.1, 0.15) is 19.8 Å². The minimum absolute atomic E-state index is 0.0579. The average molecular weight is 287 g/mol. The van der Waals surface area contributed by atoms with Crippen LogP contribution in [-0.2, 0) is 4.79 Å². The molecule has 0 aliphatic heterocycles. The zero-order valence-electron chi connectivity index (χ0n) is 12.2. The van der Waals surface area contributed by atoms with E-state index in [1.54, 1.807) is 6.92 Å². The number of nitrogens with one attached hydrogen (secondary N) is 1. The fraction of sp³-hybridized carbons (Fsp3) is 0.353. The van der Waals surface area contributed by atoms with Crippen LogP contribution in [0.3, 0.4) is 0 Å². The molecule has 1 unspecified atom stereocenters. The van der Waals surface area contributed by atoms with E-state index in [-0.39, 0.29) is 5.91 Å². The van der Waals surface area contributed by atoms with E-state index in [0.29, 0.717) is 26.0 Å². The Morgan fingerprint density at radius 1 is 1.24 bits per heavy atom. The molecule has 1 atom stereocenters. The molecule has 4 heteroatoms. The van der Waals surface area contributed by atoms with Crippen molar-refractivity contribution in [3.63, 3.8) is 0 Å². The SMILES string of the molecule is CC(O)CNC(=O)CCCOc1cccc2ccccc12. The monoisotopic (exact) mass is 287 g/mol. The zero-order chi connectivity index (χ0) is 15.1. The van der Waals surface area contributed by atoms with Crippen LogP contribution in [0.25, 0.3) is 10.8 Å². The number of hydrogen-bond acceptors (Lipinski definition) is 3. The molecule has 21 heavy (non-hydrogen) atoms. The molecule has 0 saturated carbocycles. The Morgan fingerprint density at radius 3 is 2.81 bits per heavy atom. The Bertz CT molecular complexity index is 590. The highest BCUT2D eigenvalue weighted by molar-refractivity contribution is 5.88. The lowest BCUT2D eigenvalue weighted by Crippen LogP contribution is -2.30. The lowest BCUT2D eigenvalue weighted by molar-refractivity contribution is -0.121. The van der Waals surface area contributed by atoms with Crippen molar-refractivity contribution < 1.29 is 14.6 Å². The third-order valence-electron chi connectivity index (χ3n) is 3.15. The minimum Gasteiger partial charge on any atom is -0.493 e. The van der Waals surface area contributed by atoms with Crippen LogP contribution >= 0.6 is 0 Å². The fourth-order valence-corrected chi connectivity index (χ4v) is 2.09. The Morgan fingerprint density at radius 2 is 2.00 bits per heavy atom. The molecule has 4 nitrogen and oxygen atoms in total. The van der Waals surface area contributed by atoms with Gasteiger partial charge in [-0.05, 0) is 24.8 Å². The van der Waals surface area contributed by atoms with E-state index in [1.807, 2.05) is 42.5 Å². The van der Waals surface area contributed by atoms with Crippen LogP contribution in [0.4, 0.5) is 0 Å². The number of aliphatic hydroxyl groups is 1. The second-order valence-electron chi connectivity index (χ2n) is 5.08. The second-order valence-corrected chi connectivity index (χ2v) is 5.08. The topological polar surface area (TPSA) is 58.6 Å². The first kappa shape index (κ1) is 15.3. The van der Waals surface area contributed by atoms with Crippen molar-refractivity contribution in [1.82, 2.24) is 5.32 Å². The van der Waals surface area contributed by atoms with Crippen LogP contribution in [0, 0.1) is 0 Å². The highest BCUT2D eigenvalue weighted by Crippen LogP contribution is 2.25. The predicted octanol–water partition coefficient (Wildman–Crippen LogP) is 2.50. The molecule has 2 rings (SSSR count). The molecule has 0 heterocycles. The average Bonchev–Trinajstić information content (AvgIpc) is 2.49. The summed E-state index contributed by atoms with van der Waals surface area (Å²) in [4.78, 5) is 11.5. The van der Waals surface area contributed by atoms with Gasteiger partial charge >= 0.3 is 0 Å². The Hall–Kier alpha value is -2.07. The molecule has 0 fully saturated rings. The van der Waals surface area contributed by atoms with E-state index in [2.05, 4.69) is 5.32 Å². The molecule has 2 aromatic rings. The van der Waals surface area contributed by atoms with Gasteiger partial charge in [0.05, 0.1) is 12.7 Å². The van der Waals surface area contributed by atoms with E-state index >= 15 is 0 Å². The van der Waals surface area contributed by atoms with Crippen molar-refractivity contribution in [2.75, 3.05) is 13.2 Å². The van der Waals surface area contributed by atoms with E-state index < -0.39 is 6.10 Å². The van der Waals surface area contributed by atoms with Crippen LogP contribution in [-0.4, -0.2) is 30.3 Å². The number of benzene rings is 2. The summed E-state index contributed by atoms with van der Waals surface area (Å²) in [5.41, 5.74) is 0. The molecule has 2 aromatic carbocycles. The molecule has 0 bridgehead atoms. The summed E-state index contributed by atoms with van der Waals surface area (Å²) in [6, 6.07) is 14.0. The summed E-state index contributed by atoms with van der Waals surface area (Å²) in [7, 11) is 0. The van der Waals surface area contributed by atoms with Crippen molar-refractivity contribution in [2.45, 2.75) is 25.9 Å². The van der Waals surface area contributed by atoms with Gasteiger partial charge in [-0.1, -0.05) is 36.4 Å². The molecule has 0 aliphatic carbocycles. The number of amides is 1. The molecule has 0 aliphatic rings. The predicted molar refractivity (Wildman–Crippen MR) is 83.4 cm³/mol. The van der Waals surface area contributed by atoms with Crippen LogP contribution < -0.4 is 10.1 Å². The van der Waals surface area contributed by atoms with Crippen molar-refractivity contribution in [3.05, 3.63) is 42.5 Å². The number of rotatable bonds is 7. The molecular formula is C17H21NO3. The summed E-state index contributed by atoms with van der Waals surface area (Å²) in [6.07, 6.45) is 0.535. The van der Waals surface area contributed by atoms with Crippen LogP contribution in [0.2, 0.25) is 0 Å². The van der Waals surface area contributed by atoms with E-state index in [0.717, 1.165) is 16.5 Å². The first-order chi connectivity index (χ1) is 10.2. The van der Waals surface area contributed by atoms with Gasteiger partial charge in [0.25, 0.3) is 0 Å². The van der Waals surface area contributed by atoms with Gasteiger partial charge in [0.15, 0.2) is 0 Å². The Kier molecular flexibility index (Phi) is 5.58. The standard InChI is InChI=1S/C17H21NO3/c1-13(19)12-18-17(20)10-5-11-21-16-9-4-7-14-6-2-3-8-15(14)16/h2-4,6-9,13,19H,5,10-12H2,1H3,(H,18,20). The maximum Gasteiger partial charge on any atom is 0.220 e. The van der Waals surface area contributed by atoms with E-state index in [9.17, 15) is 4.79 Å². The summed E-state index contributed by atoms with van der Waals surface area (Å²) < 4.78 is 5.77. The zero-order valence-corrected chi connectivity index (χ0v) is 12.2. The van der Waals surface area contributed by atoms with Gasteiger partial charge in [-0.25, -0.2) is 0 Å². The maximum absolute atomic E-state index is 11.5. The first-order valence-electron chi connectivity index (χ1n) is 7.22. The van der Waals surface area contributed by atoms with Crippen LogP contribution in [0.5, 0.6) is 5.75 Å². The van der Waals surface area contributed by atoms with Gasteiger partial charge in [-0.2, -0.15) is 0 Å². The largest absolute Gasteiger partial charge is 0.493 e. The number of carbonyl (C=O) groups excluding carboxylic acids is 1. The number of ether oxygens (including phenoxy) is 1. The molecule has 0 spiro atoms. The lowest BCUT2D eigenvalue weighted by Gasteiger charge is -2.10. The molecule has 2 N–H and O–H groups in total. The third kappa shape index (κ3) is 4.76. The summed E-state index contributed by atoms with van der Waals surface area (Å²) >= 11 is 0. The van der Waals surface area contributed by atoms with E-state index in [1.165, 1.54) is 0 Å². The third-order valence-corrected chi connectivity index (χ3v) is 3.15. The van der Waals surface area contributed by atoms with E-state index in [4.69, 9.17) is 9.84 Å². The minimum atomic E-state index is -0.513. The smallest absolute Gasteiger partial charge is 0.220 e. The summed E-state index contributed by atoms with van der Waals surface area (Å²) in [6.45, 7) is 2.43. The van der Waals surface area contributed by atoms with Gasteiger partial charge in [-0.3, -0.25) is 4.79 Å². The van der Waals surface area contributed by atoms with Gasteiger partial charge in [0.1, 0.15) is 5.75 Å².